The van der Waals surface area contributed by atoms with E-state index in [1.165, 1.54) is 0 Å². The summed E-state index contributed by atoms with van der Waals surface area (Å²) in [5.41, 5.74) is 0.436. The molecule has 0 unspecified atom stereocenters. The molecule has 2 heterocycles. The van der Waals surface area contributed by atoms with E-state index in [-0.39, 0.29) is 11.9 Å². The van der Waals surface area contributed by atoms with Crippen LogP contribution in [0, 0.1) is 0 Å². The quantitative estimate of drug-likeness (QED) is 0.943. The summed E-state index contributed by atoms with van der Waals surface area (Å²) in [6.07, 6.45) is -3.58. The van der Waals surface area contributed by atoms with Gasteiger partial charge in [0.1, 0.15) is 11.9 Å². The lowest BCUT2D eigenvalue weighted by Crippen LogP contribution is -2.19. The summed E-state index contributed by atoms with van der Waals surface area (Å²) in [7, 11) is 0. The fraction of sp³-hybridized carbons (Fsp3) is 0.385. The van der Waals surface area contributed by atoms with Crippen LogP contribution in [0.15, 0.2) is 28.8 Å². The summed E-state index contributed by atoms with van der Waals surface area (Å²) in [6.45, 7) is 1.72. The van der Waals surface area contributed by atoms with E-state index in [0.29, 0.717) is 11.3 Å². The third kappa shape index (κ3) is 3.15. The topological polar surface area (TPSA) is 60.2 Å². The number of benzene rings is 1. The molecule has 1 aliphatic heterocycles. The number of ether oxygens (including phenoxy) is 1. The van der Waals surface area contributed by atoms with Crippen LogP contribution in [0.3, 0.4) is 0 Å². The molecule has 1 N–H and O–H groups in total. The van der Waals surface area contributed by atoms with E-state index in [9.17, 15) is 13.2 Å². The summed E-state index contributed by atoms with van der Waals surface area (Å²) >= 11 is 0. The Kier molecular flexibility index (Phi) is 3.54. The zero-order valence-electron chi connectivity index (χ0n) is 10.9. The van der Waals surface area contributed by atoms with Crippen molar-refractivity contribution in [2.45, 2.75) is 18.7 Å². The molecule has 1 aromatic carbocycles. The second kappa shape index (κ2) is 5.36. The van der Waals surface area contributed by atoms with E-state index in [0.717, 1.165) is 19.5 Å². The highest BCUT2D eigenvalue weighted by Crippen LogP contribution is 2.29. The van der Waals surface area contributed by atoms with Gasteiger partial charge in [-0.3, -0.25) is 0 Å². The lowest BCUT2D eigenvalue weighted by atomic mass is 10.2. The molecule has 2 aromatic rings. The first kappa shape index (κ1) is 13.9. The fourth-order valence-electron chi connectivity index (χ4n) is 2.06. The minimum atomic E-state index is -4.64. The lowest BCUT2D eigenvalue weighted by Gasteiger charge is -2.12. The maximum atomic E-state index is 12.4. The Bertz CT molecular complexity index is 604. The van der Waals surface area contributed by atoms with Gasteiger partial charge in [-0.2, -0.15) is 18.2 Å². The third-order valence-corrected chi connectivity index (χ3v) is 3.10. The third-order valence-electron chi connectivity index (χ3n) is 3.10. The van der Waals surface area contributed by atoms with Crippen molar-refractivity contribution in [1.82, 2.24) is 15.5 Å². The minimum Gasteiger partial charge on any atom is -0.489 e. The molecule has 0 spiro atoms. The number of rotatable bonds is 3. The first-order valence-corrected chi connectivity index (χ1v) is 6.41. The van der Waals surface area contributed by atoms with E-state index in [1.807, 2.05) is 0 Å². The van der Waals surface area contributed by atoms with Gasteiger partial charge in [-0.25, -0.2) is 0 Å². The summed E-state index contributed by atoms with van der Waals surface area (Å²) < 4.78 is 47.1. The van der Waals surface area contributed by atoms with Crippen molar-refractivity contribution in [3.63, 3.8) is 0 Å². The van der Waals surface area contributed by atoms with Gasteiger partial charge >= 0.3 is 12.1 Å². The molecule has 1 atom stereocenters. The number of hydrogen-bond acceptors (Lipinski definition) is 5. The second-order valence-corrected chi connectivity index (χ2v) is 4.68. The number of alkyl halides is 3. The highest BCUT2D eigenvalue weighted by atomic mass is 19.4. The van der Waals surface area contributed by atoms with Crippen molar-refractivity contribution < 1.29 is 22.4 Å². The standard InChI is InChI=1S/C13H12F3N3O2/c14-13(15,16)12-18-11(19-21-12)8-1-3-9(4-2-8)20-10-5-6-17-7-10/h1-4,10,17H,5-7H2/t10-/m0/s1. The predicted octanol–water partition coefficient (Wildman–Crippen LogP) is 2.50. The van der Waals surface area contributed by atoms with Gasteiger partial charge in [-0.05, 0) is 37.2 Å². The van der Waals surface area contributed by atoms with Gasteiger partial charge in [0, 0.05) is 12.1 Å². The number of halogens is 3. The van der Waals surface area contributed by atoms with Crippen molar-refractivity contribution in [1.29, 1.82) is 0 Å². The van der Waals surface area contributed by atoms with Crippen LogP contribution in [0.1, 0.15) is 12.3 Å². The highest BCUT2D eigenvalue weighted by Gasteiger charge is 2.38. The molecule has 0 aliphatic carbocycles. The SMILES string of the molecule is FC(F)(F)c1nc(-c2ccc(O[C@H]3CCNC3)cc2)no1. The molecule has 0 saturated carbocycles. The Hall–Kier alpha value is -2.09. The highest BCUT2D eigenvalue weighted by molar-refractivity contribution is 5.55. The van der Waals surface area contributed by atoms with Crippen molar-refractivity contribution >= 4 is 0 Å². The molecule has 0 amide bonds. The van der Waals surface area contributed by atoms with E-state index in [4.69, 9.17) is 4.74 Å². The summed E-state index contributed by atoms with van der Waals surface area (Å²) in [5.74, 6) is -0.793. The Morgan fingerprint density at radius 1 is 1.24 bits per heavy atom. The van der Waals surface area contributed by atoms with Crippen LogP contribution >= 0.6 is 0 Å². The van der Waals surface area contributed by atoms with Crippen LogP contribution in [0.5, 0.6) is 5.75 Å². The normalized spacial score (nSPS) is 18.9. The molecule has 1 saturated heterocycles. The van der Waals surface area contributed by atoms with Gasteiger partial charge in [0.05, 0.1) is 0 Å². The second-order valence-electron chi connectivity index (χ2n) is 4.68. The Balaban J connectivity index is 1.73. The Morgan fingerprint density at radius 3 is 2.57 bits per heavy atom. The summed E-state index contributed by atoms with van der Waals surface area (Å²) in [5, 5.41) is 6.51. The molecule has 0 bridgehead atoms. The molecule has 1 aliphatic rings. The van der Waals surface area contributed by atoms with E-state index in [1.54, 1.807) is 24.3 Å². The molecule has 8 heteroatoms. The molecule has 21 heavy (non-hydrogen) atoms. The molecule has 5 nitrogen and oxygen atoms in total. The molecule has 0 radical (unpaired) electrons. The van der Waals surface area contributed by atoms with Crippen molar-refractivity contribution in [3.05, 3.63) is 30.2 Å². The first-order valence-electron chi connectivity index (χ1n) is 6.41. The van der Waals surface area contributed by atoms with Crippen molar-refractivity contribution in [2.24, 2.45) is 0 Å². The van der Waals surface area contributed by atoms with Crippen LogP contribution in [0.4, 0.5) is 13.2 Å². The van der Waals surface area contributed by atoms with Gasteiger partial charge in [0.25, 0.3) is 0 Å². The summed E-state index contributed by atoms with van der Waals surface area (Å²) in [4.78, 5) is 3.33. The van der Waals surface area contributed by atoms with Gasteiger partial charge in [-0.1, -0.05) is 5.16 Å². The van der Waals surface area contributed by atoms with Crippen molar-refractivity contribution in [3.8, 4) is 17.1 Å². The number of aromatic nitrogens is 2. The maximum absolute atomic E-state index is 12.4. The van der Waals surface area contributed by atoms with E-state index in [2.05, 4.69) is 20.0 Å². The number of nitrogens with zero attached hydrogens (tertiary/aromatic N) is 2. The molecule has 112 valence electrons. The zero-order chi connectivity index (χ0) is 14.9. The van der Waals surface area contributed by atoms with Gasteiger partial charge < -0.3 is 14.6 Å². The van der Waals surface area contributed by atoms with Crippen molar-refractivity contribution in [2.75, 3.05) is 13.1 Å². The monoisotopic (exact) mass is 299 g/mol. The van der Waals surface area contributed by atoms with Gasteiger partial charge in [0.15, 0.2) is 0 Å². The zero-order valence-corrected chi connectivity index (χ0v) is 10.9. The molecular weight excluding hydrogens is 287 g/mol. The van der Waals surface area contributed by atoms with Gasteiger partial charge in [-0.15, -0.1) is 0 Å². The number of hydrogen-bond donors (Lipinski definition) is 1. The van der Waals surface area contributed by atoms with E-state index >= 15 is 0 Å². The van der Waals surface area contributed by atoms with Crippen LogP contribution in [0.2, 0.25) is 0 Å². The minimum absolute atomic E-state index is 0.101. The van der Waals surface area contributed by atoms with Crippen LogP contribution in [0.25, 0.3) is 11.4 Å². The fourth-order valence-corrected chi connectivity index (χ4v) is 2.06. The summed E-state index contributed by atoms with van der Waals surface area (Å²) in [6, 6.07) is 6.56. The van der Waals surface area contributed by atoms with Crippen LogP contribution < -0.4 is 10.1 Å². The van der Waals surface area contributed by atoms with Crippen LogP contribution in [-0.2, 0) is 6.18 Å². The maximum Gasteiger partial charge on any atom is 0.471 e. The van der Waals surface area contributed by atoms with Gasteiger partial charge in [0.2, 0.25) is 5.82 Å². The average Bonchev–Trinajstić information content (AvgIpc) is 3.09. The largest absolute Gasteiger partial charge is 0.489 e. The predicted molar refractivity (Wildman–Crippen MR) is 66.6 cm³/mol. The average molecular weight is 299 g/mol. The Labute approximate surface area is 118 Å². The van der Waals surface area contributed by atoms with E-state index < -0.39 is 12.1 Å². The molecule has 1 aromatic heterocycles. The smallest absolute Gasteiger partial charge is 0.471 e. The first-order chi connectivity index (χ1) is 10.0. The number of nitrogens with one attached hydrogen (secondary N) is 1. The lowest BCUT2D eigenvalue weighted by molar-refractivity contribution is -0.159. The molecular formula is C13H12F3N3O2. The van der Waals surface area contributed by atoms with Crippen LogP contribution in [-0.4, -0.2) is 29.3 Å². The molecule has 1 fully saturated rings. The Morgan fingerprint density at radius 2 is 2.00 bits per heavy atom. The molecule has 3 rings (SSSR count).